The summed E-state index contributed by atoms with van der Waals surface area (Å²) < 4.78 is 34.0. The first-order chi connectivity index (χ1) is 14.1. The van der Waals surface area contributed by atoms with Crippen LogP contribution in [0.4, 0.5) is 14.5 Å². The van der Waals surface area contributed by atoms with Crippen molar-refractivity contribution in [3.8, 4) is 11.5 Å². The summed E-state index contributed by atoms with van der Waals surface area (Å²) in [7, 11) is 0. The number of carbonyl (C=O) groups excluding carboxylic acids is 1. The van der Waals surface area contributed by atoms with Crippen molar-refractivity contribution in [1.82, 2.24) is 10.2 Å². The molecule has 0 N–H and O–H groups in total. The molecule has 1 aliphatic heterocycles. The Morgan fingerprint density at radius 3 is 2.48 bits per heavy atom. The van der Waals surface area contributed by atoms with Gasteiger partial charge in [-0.25, -0.2) is 8.78 Å². The normalized spacial score (nSPS) is 16.7. The predicted octanol–water partition coefficient (Wildman–Crippen LogP) is 4.69. The summed E-state index contributed by atoms with van der Waals surface area (Å²) in [6.45, 7) is 0.0794. The fourth-order valence-electron chi connectivity index (χ4n) is 3.67. The van der Waals surface area contributed by atoms with Crippen molar-refractivity contribution in [1.29, 1.82) is 0 Å². The van der Waals surface area contributed by atoms with Gasteiger partial charge in [0.25, 0.3) is 0 Å². The van der Waals surface area contributed by atoms with Crippen LogP contribution in [-0.2, 0) is 4.79 Å². The highest BCUT2D eigenvalue weighted by Crippen LogP contribution is 2.35. The summed E-state index contributed by atoms with van der Waals surface area (Å²) in [4.78, 5) is 13.5. The smallest absolute Gasteiger partial charge is 0.247 e. The number of hydrogen-bond acceptors (Lipinski definition) is 4. The Labute approximate surface area is 164 Å². The van der Waals surface area contributed by atoms with E-state index < -0.39 is 17.6 Å². The van der Waals surface area contributed by atoms with Crippen LogP contribution in [0.1, 0.15) is 18.2 Å². The topological polar surface area (TPSA) is 59.2 Å². The SMILES string of the molecule is O=C1CC(c2nnc(-c3ccc4ccccc4c3)o2)CN1c1c(F)cccc1F. The Morgan fingerprint density at radius 2 is 1.69 bits per heavy atom. The van der Waals surface area contributed by atoms with E-state index in [4.69, 9.17) is 4.42 Å². The number of amides is 1. The van der Waals surface area contributed by atoms with Gasteiger partial charge in [0.05, 0.1) is 5.92 Å². The molecule has 1 aliphatic rings. The zero-order valence-corrected chi connectivity index (χ0v) is 15.2. The van der Waals surface area contributed by atoms with Crippen molar-refractivity contribution >= 4 is 22.4 Å². The minimum absolute atomic E-state index is 0.0487. The summed E-state index contributed by atoms with van der Waals surface area (Å²) in [6.07, 6.45) is 0.0487. The monoisotopic (exact) mass is 391 g/mol. The molecule has 0 saturated carbocycles. The maximum atomic E-state index is 14.1. The second kappa shape index (κ2) is 6.77. The van der Waals surface area contributed by atoms with Crippen molar-refractivity contribution in [3.63, 3.8) is 0 Å². The van der Waals surface area contributed by atoms with Crippen LogP contribution >= 0.6 is 0 Å². The van der Waals surface area contributed by atoms with Gasteiger partial charge in [0.2, 0.25) is 17.7 Å². The van der Waals surface area contributed by atoms with E-state index in [2.05, 4.69) is 10.2 Å². The number of anilines is 1. The van der Waals surface area contributed by atoms with E-state index in [9.17, 15) is 13.6 Å². The van der Waals surface area contributed by atoms with Gasteiger partial charge < -0.3 is 9.32 Å². The fraction of sp³-hybridized carbons (Fsp3) is 0.136. The number of benzene rings is 3. The number of halogens is 2. The van der Waals surface area contributed by atoms with Gasteiger partial charge >= 0.3 is 0 Å². The quantitative estimate of drug-likeness (QED) is 0.508. The standard InChI is InChI=1S/C22H15F2N3O2/c23-17-6-3-7-18(24)20(17)27-12-16(11-19(27)28)22-26-25-21(29-22)15-9-8-13-4-1-2-5-14(13)10-15/h1-10,16H,11-12H2. The highest BCUT2D eigenvalue weighted by Gasteiger charge is 2.37. The van der Waals surface area contributed by atoms with Gasteiger partial charge in [0.1, 0.15) is 17.3 Å². The number of nitrogens with zero attached hydrogens (tertiary/aromatic N) is 3. The molecular weight excluding hydrogens is 376 g/mol. The summed E-state index contributed by atoms with van der Waals surface area (Å²) in [5.41, 5.74) is 0.429. The molecule has 1 aromatic heterocycles. The zero-order chi connectivity index (χ0) is 20.0. The van der Waals surface area contributed by atoms with Gasteiger partial charge in [0, 0.05) is 18.5 Å². The van der Waals surface area contributed by atoms with Crippen LogP contribution in [0, 0.1) is 11.6 Å². The maximum absolute atomic E-state index is 14.1. The van der Waals surface area contributed by atoms with Gasteiger partial charge in [-0.1, -0.05) is 36.4 Å². The van der Waals surface area contributed by atoms with Crippen molar-refractivity contribution in [2.45, 2.75) is 12.3 Å². The lowest BCUT2D eigenvalue weighted by molar-refractivity contribution is -0.117. The van der Waals surface area contributed by atoms with Crippen LogP contribution < -0.4 is 4.90 Å². The number of fused-ring (bicyclic) bond motifs is 1. The lowest BCUT2D eigenvalue weighted by Gasteiger charge is -2.17. The van der Waals surface area contributed by atoms with Gasteiger partial charge in [-0.2, -0.15) is 0 Å². The third kappa shape index (κ3) is 3.04. The third-order valence-electron chi connectivity index (χ3n) is 5.12. The highest BCUT2D eigenvalue weighted by molar-refractivity contribution is 5.96. The van der Waals surface area contributed by atoms with E-state index in [1.54, 1.807) is 0 Å². The minimum atomic E-state index is -0.776. The van der Waals surface area contributed by atoms with Crippen LogP contribution in [0.25, 0.3) is 22.2 Å². The average molecular weight is 391 g/mol. The van der Waals surface area contributed by atoms with Crippen LogP contribution in [0.5, 0.6) is 0 Å². The van der Waals surface area contributed by atoms with Gasteiger partial charge in [-0.05, 0) is 35.0 Å². The summed E-state index contributed by atoms with van der Waals surface area (Å²) >= 11 is 0. The molecule has 4 aromatic rings. The molecule has 0 bridgehead atoms. The molecule has 0 spiro atoms. The second-order valence-electron chi connectivity index (χ2n) is 6.98. The fourth-order valence-corrected chi connectivity index (χ4v) is 3.67. The van der Waals surface area contributed by atoms with E-state index in [1.807, 2.05) is 42.5 Å². The van der Waals surface area contributed by atoms with Gasteiger partial charge in [0.15, 0.2) is 0 Å². The third-order valence-corrected chi connectivity index (χ3v) is 5.12. The summed E-state index contributed by atoms with van der Waals surface area (Å²) in [5.74, 6) is -1.75. The Hall–Kier alpha value is -3.61. The predicted molar refractivity (Wildman–Crippen MR) is 103 cm³/mol. The molecule has 1 saturated heterocycles. The number of aromatic nitrogens is 2. The van der Waals surface area contributed by atoms with Crippen LogP contribution in [-0.4, -0.2) is 22.6 Å². The van der Waals surface area contributed by atoms with E-state index in [1.165, 1.54) is 6.07 Å². The Morgan fingerprint density at radius 1 is 0.931 bits per heavy atom. The molecule has 1 fully saturated rings. The number of para-hydroxylation sites is 1. The van der Waals surface area contributed by atoms with Crippen molar-refractivity contribution in [2.24, 2.45) is 0 Å². The first kappa shape index (κ1) is 17.5. The van der Waals surface area contributed by atoms with Crippen molar-refractivity contribution in [2.75, 3.05) is 11.4 Å². The molecule has 5 nitrogen and oxygen atoms in total. The zero-order valence-electron chi connectivity index (χ0n) is 15.2. The van der Waals surface area contributed by atoms with Crippen LogP contribution in [0.3, 0.4) is 0 Å². The highest BCUT2D eigenvalue weighted by atomic mass is 19.1. The second-order valence-corrected chi connectivity index (χ2v) is 6.98. The summed E-state index contributed by atoms with van der Waals surface area (Å²) in [6, 6.07) is 17.3. The average Bonchev–Trinajstić information content (AvgIpc) is 3.35. The molecule has 1 unspecified atom stereocenters. The largest absolute Gasteiger partial charge is 0.420 e. The van der Waals surface area contributed by atoms with E-state index in [0.29, 0.717) is 5.89 Å². The summed E-state index contributed by atoms with van der Waals surface area (Å²) in [5, 5.41) is 10.3. The molecule has 1 amide bonds. The van der Waals surface area contributed by atoms with Crippen LogP contribution in [0.15, 0.2) is 65.1 Å². The maximum Gasteiger partial charge on any atom is 0.247 e. The molecule has 2 heterocycles. The molecule has 0 aliphatic carbocycles. The lowest BCUT2D eigenvalue weighted by Crippen LogP contribution is -2.26. The Balaban J connectivity index is 1.43. The number of rotatable bonds is 3. The Kier molecular flexibility index (Phi) is 4.08. The number of carbonyl (C=O) groups is 1. The van der Waals surface area contributed by atoms with E-state index in [-0.39, 0.29) is 30.5 Å². The molecule has 29 heavy (non-hydrogen) atoms. The van der Waals surface area contributed by atoms with Gasteiger partial charge in [-0.15, -0.1) is 10.2 Å². The molecule has 1 atom stereocenters. The molecule has 0 radical (unpaired) electrons. The van der Waals surface area contributed by atoms with Crippen molar-refractivity contribution < 1.29 is 18.0 Å². The van der Waals surface area contributed by atoms with Gasteiger partial charge in [-0.3, -0.25) is 4.79 Å². The first-order valence-corrected chi connectivity index (χ1v) is 9.17. The minimum Gasteiger partial charge on any atom is -0.420 e. The number of hydrogen-bond donors (Lipinski definition) is 0. The molecule has 5 rings (SSSR count). The lowest BCUT2D eigenvalue weighted by atomic mass is 10.1. The van der Waals surface area contributed by atoms with E-state index in [0.717, 1.165) is 33.4 Å². The van der Waals surface area contributed by atoms with Crippen LogP contribution in [0.2, 0.25) is 0 Å². The Bertz CT molecular complexity index is 1220. The first-order valence-electron chi connectivity index (χ1n) is 9.17. The van der Waals surface area contributed by atoms with E-state index >= 15 is 0 Å². The molecule has 3 aromatic carbocycles. The molecule has 144 valence electrons. The molecule has 7 heteroatoms. The van der Waals surface area contributed by atoms with Crippen molar-refractivity contribution in [3.05, 3.63) is 78.2 Å². The molecular formula is C22H15F2N3O2.